The van der Waals surface area contributed by atoms with Crippen molar-refractivity contribution in [2.75, 3.05) is 31.1 Å². The SMILES string of the molecule is CCn1cc(CN2CCCN(c3cc4ccccc4c(Cl)n3)CC2)cn1. The molecule has 1 aliphatic rings. The number of rotatable bonds is 4. The quantitative estimate of drug-likeness (QED) is 0.655. The van der Waals surface area contributed by atoms with Crippen molar-refractivity contribution in [3.8, 4) is 0 Å². The minimum Gasteiger partial charge on any atom is -0.355 e. The maximum absolute atomic E-state index is 6.42. The summed E-state index contributed by atoms with van der Waals surface area (Å²) in [6.45, 7) is 8.07. The molecular formula is C20H24ClN5. The normalized spacial score (nSPS) is 16.2. The third-order valence-corrected chi connectivity index (χ3v) is 5.30. The summed E-state index contributed by atoms with van der Waals surface area (Å²) in [4.78, 5) is 9.50. The van der Waals surface area contributed by atoms with Crippen LogP contribution in [0.15, 0.2) is 42.7 Å². The Morgan fingerprint density at radius 2 is 2.00 bits per heavy atom. The Morgan fingerprint density at radius 3 is 2.85 bits per heavy atom. The minimum absolute atomic E-state index is 0.589. The van der Waals surface area contributed by atoms with Gasteiger partial charge in [0.05, 0.1) is 6.20 Å². The van der Waals surface area contributed by atoms with Gasteiger partial charge in [-0.1, -0.05) is 35.9 Å². The maximum Gasteiger partial charge on any atom is 0.139 e. The Bertz CT molecular complexity index is 891. The number of aromatic nitrogens is 3. The van der Waals surface area contributed by atoms with E-state index in [0.29, 0.717) is 5.15 Å². The molecule has 4 rings (SSSR count). The first-order valence-corrected chi connectivity index (χ1v) is 9.64. The van der Waals surface area contributed by atoms with Gasteiger partial charge < -0.3 is 4.90 Å². The van der Waals surface area contributed by atoms with Crippen molar-refractivity contribution in [1.82, 2.24) is 19.7 Å². The maximum atomic E-state index is 6.42. The summed E-state index contributed by atoms with van der Waals surface area (Å²) in [5.41, 5.74) is 1.28. The molecule has 0 unspecified atom stereocenters. The van der Waals surface area contributed by atoms with Gasteiger partial charge in [0, 0.05) is 56.4 Å². The second-order valence-corrected chi connectivity index (χ2v) is 7.17. The number of benzene rings is 1. The van der Waals surface area contributed by atoms with Crippen LogP contribution in [0.25, 0.3) is 10.8 Å². The van der Waals surface area contributed by atoms with Crippen molar-refractivity contribution in [1.29, 1.82) is 0 Å². The smallest absolute Gasteiger partial charge is 0.139 e. The zero-order chi connectivity index (χ0) is 17.9. The van der Waals surface area contributed by atoms with E-state index < -0.39 is 0 Å². The third kappa shape index (κ3) is 3.69. The molecule has 1 fully saturated rings. The van der Waals surface area contributed by atoms with Gasteiger partial charge in [-0.05, 0) is 24.8 Å². The van der Waals surface area contributed by atoms with Crippen LogP contribution in [0.2, 0.25) is 5.15 Å². The van der Waals surface area contributed by atoms with E-state index in [4.69, 9.17) is 11.6 Å². The second-order valence-electron chi connectivity index (χ2n) is 6.81. The largest absolute Gasteiger partial charge is 0.355 e. The highest BCUT2D eigenvalue weighted by molar-refractivity contribution is 6.34. The summed E-state index contributed by atoms with van der Waals surface area (Å²) in [7, 11) is 0. The van der Waals surface area contributed by atoms with E-state index in [1.54, 1.807) is 0 Å². The summed E-state index contributed by atoms with van der Waals surface area (Å²) >= 11 is 6.42. The number of hydrogen-bond acceptors (Lipinski definition) is 4. The number of anilines is 1. The lowest BCUT2D eigenvalue weighted by molar-refractivity contribution is 0.285. The molecule has 0 N–H and O–H groups in total. The molecule has 0 radical (unpaired) electrons. The van der Waals surface area contributed by atoms with Crippen molar-refractivity contribution < 1.29 is 0 Å². The molecule has 0 atom stereocenters. The van der Waals surface area contributed by atoms with Crippen molar-refractivity contribution in [3.63, 3.8) is 0 Å². The van der Waals surface area contributed by atoms with E-state index in [-0.39, 0.29) is 0 Å². The number of hydrogen-bond donors (Lipinski definition) is 0. The van der Waals surface area contributed by atoms with Gasteiger partial charge in [-0.15, -0.1) is 0 Å². The van der Waals surface area contributed by atoms with Crippen LogP contribution < -0.4 is 4.90 Å². The number of halogens is 1. The number of nitrogens with zero attached hydrogens (tertiary/aromatic N) is 5. The molecule has 3 heterocycles. The lowest BCUT2D eigenvalue weighted by Gasteiger charge is -2.23. The van der Waals surface area contributed by atoms with Crippen molar-refractivity contribution in [3.05, 3.63) is 53.4 Å². The summed E-state index contributed by atoms with van der Waals surface area (Å²) in [6, 6.07) is 10.3. The zero-order valence-corrected chi connectivity index (χ0v) is 15.9. The average Bonchev–Trinajstić information content (AvgIpc) is 2.98. The third-order valence-electron chi connectivity index (χ3n) is 5.01. The summed E-state index contributed by atoms with van der Waals surface area (Å²) in [5, 5.41) is 7.13. The van der Waals surface area contributed by atoms with Gasteiger partial charge in [0.2, 0.25) is 0 Å². The van der Waals surface area contributed by atoms with E-state index in [1.807, 2.05) is 29.1 Å². The second kappa shape index (κ2) is 7.64. The molecule has 0 saturated carbocycles. The molecule has 1 aliphatic heterocycles. The highest BCUT2D eigenvalue weighted by Gasteiger charge is 2.18. The Hall–Kier alpha value is -2.11. The molecule has 5 nitrogen and oxygen atoms in total. The molecule has 6 heteroatoms. The van der Waals surface area contributed by atoms with Gasteiger partial charge in [0.1, 0.15) is 11.0 Å². The molecule has 0 bridgehead atoms. The fraction of sp³-hybridized carbons (Fsp3) is 0.400. The molecule has 3 aromatic rings. The standard InChI is InChI=1S/C20H24ClN5/c1-2-26-15-16(13-22-26)14-24-8-5-9-25(11-10-24)19-12-17-6-3-4-7-18(17)20(21)23-19/h3-4,6-7,12-13,15H,2,5,8-11,14H2,1H3. The lowest BCUT2D eigenvalue weighted by atomic mass is 10.2. The van der Waals surface area contributed by atoms with Crippen LogP contribution in [0.1, 0.15) is 18.9 Å². The molecule has 0 spiro atoms. The number of aryl methyl sites for hydroxylation is 1. The highest BCUT2D eigenvalue weighted by atomic mass is 35.5. The van der Waals surface area contributed by atoms with Gasteiger partial charge in [-0.2, -0.15) is 5.10 Å². The van der Waals surface area contributed by atoms with Gasteiger partial charge in [0.15, 0.2) is 0 Å². The van der Waals surface area contributed by atoms with E-state index in [2.05, 4.69) is 45.1 Å². The molecule has 0 amide bonds. The van der Waals surface area contributed by atoms with E-state index in [0.717, 1.165) is 62.3 Å². The van der Waals surface area contributed by atoms with Crippen LogP contribution >= 0.6 is 11.6 Å². The van der Waals surface area contributed by atoms with Crippen LogP contribution in [0.5, 0.6) is 0 Å². The first kappa shape index (κ1) is 17.3. The molecule has 1 saturated heterocycles. The number of fused-ring (bicyclic) bond motifs is 1. The van der Waals surface area contributed by atoms with E-state index in [1.165, 1.54) is 5.56 Å². The summed E-state index contributed by atoms with van der Waals surface area (Å²) < 4.78 is 1.99. The van der Waals surface area contributed by atoms with Crippen LogP contribution in [0, 0.1) is 0 Å². The Kier molecular flexibility index (Phi) is 5.09. The average molecular weight is 370 g/mol. The first-order chi connectivity index (χ1) is 12.7. The lowest BCUT2D eigenvalue weighted by Crippen LogP contribution is -2.30. The topological polar surface area (TPSA) is 37.2 Å². The van der Waals surface area contributed by atoms with Crippen LogP contribution in [-0.4, -0.2) is 45.8 Å². The van der Waals surface area contributed by atoms with Gasteiger partial charge in [-0.25, -0.2) is 4.98 Å². The van der Waals surface area contributed by atoms with Crippen LogP contribution in [0.3, 0.4) is 0 Å². The summed E-state index contributed by atoms with van der Waals surface area (Å²) in [5.74, 6) is 0.981. The monoisotopic (exact) mass is 369 g/mol. The van der Waals surface area contributed by atoms with Crippen molar-refractivity contribution in [2.24, 2.45) is 0 Å². The Balaban J connectivity index is 1.46. The fourth-order valence-corrected chi connectivity index (χ4v) is 3.84. The highest BCUT2D eigenvalue weighted by Crippen LogP contribution is 2.27. The van der Waals surface area contributed by atoms with Crippen molar-refractivity contribution >= 4 is 28.2 Å². The molecule has 2 aromatic heterocycles. The number of pyridine rings is 1. The van der Waals surface area contributed by atoms with E-state index >= 15 is 0 Å². The van der Waals surface area contributed by atoms with Crippen LogP contribution in [-0.2, 0) is 13.1 Å². The predicted molar refractivity (Wildman–Crippen MR) is 107 cm³/mol. The Labute approximate surface area is 159 Å². The summed E-state index contributed by atoms with van der Waals surface area (Å²) in [6.07, 6.45) is 5.25. The van der Waals surface area contributed by atoms with Gasteiger partial charge in [-0.3, -0.25) is 9.58 Å². The first-order valence-electron chi connectivity index (χ1n) is 9.27. The molecule has 26 heavy (non-hydrogen) atoms. The Morgan fingerprint density at radius 1 is 1.12 bits per heavy atom. The van der Waals surface area contributed by atoms with Gasteiger partial charge >= 0.3 is 0 Å². The zero-order valence-electron chi connectivity index (χ0n) is 15.1. The molecular weight excluding hydrogens is 346 g/mol. The molecule has 136 valence electrons. The van der Waals surface area contributed by atoms with E-state index in [9.17, 15) is 0 Å². The molecule has 0 aliphatic carbocycles. The van der Waals surface area contributed by atoms with Gasteiger partial charge in [0.25, 0.3) is 0 Å². The fourth-order valence-electron chi connectivity index (χ4n) is 3.58. The predicted octanol–water partition coefficient (Wildman–Crippen LogP) is 3.82. The van der Waals surface area contributed by atoms with Crippen LogP contribution in [0.4, 0.5) is 5.82 Å². The molecule has 1 aromatic carbocycles. The van der Waals surface area contributed by atoms with Crippen molar-refractivity contribution in [2.45, 2.75) is 26.4 Å². The minimum atomic E-state index is 0.589.